The van der Waals surface area contributed by atoms with Crippen molar-refractivity contribution in [1.29, 1.82) is 0 Å². The Morgan fingerprint density at radius 1 is 1.17 bits per heavy atom. The fourth-order valence-electron chi connectivity index (χ4n) is 1.85. The second kappa shape index (κ2) is 8.76. The van der Waals surface area contributed by atoms with E-state index < -0.39 is 0 Å². The second-order valence-corrected chi connectivity index (χ2v) is 6.38. The van der Waals surface area contributed by atoms with Crippen molar-refractivity contribution in [1.82, 2.24) is 10.9 Å². The van der Waals surface area contributed by atoms with Gasteiger partial charge in [-0.3, -0.25) is 15.6 Å². The molecule has 2 aromatic carbocycles. The lowest BCUT2D eigenvalue weighted by atomic mass is 10.1. The molecule has 0 unspecified atom stereocenters. The van der Waals surface area contributed by atoms with Gasteiger partial charge in [-0.25, -0.2) is 0 Å². The Balaban J connectivity index is 1.87. The van der Waals surface area contributed by atoms with Crippen LogP contribution in [-0.2, 0) is 5.75 Å². The van der Waals surface area contributed by atoms with Crippen LogP contribution in [0.15, 0.2) is 48.5 Å². The zero-order valence-electron chi connectivity index (χ0n) is 12.4. The molecule has 0 fully saturated rings. The lowest BCUT2D eigenvalue weighted by molar-refractivity contribution is 0.0944. The van der Waals surface area contributed by atoms with E-state index in [4.69, 9.17) is 23.8 Å². The molecule has 3 N–H and O–H groups in total. The molecule has 1 amide bonds. The summed E-state index contributed by atoms with van der Waals surface area (Å²) in [5.74, 6) is 0.624. The van der Waals surface area contributed by atoms with Crippen LogP contribution < -0.4 is 16.2 Å². The largest absolute Gasteiger partial charge is 0.331 e. The van der Waals surface area contributed by atoms with Gasteiger partial charge in [0, 0.05) is 22.0 Å². The van der Waals surface area contributed by atoms with E-state index in [1.807, 2.05) is 24.5 Å². The van der Waals surface area contributed by atoms with Crippen LogP contribution in [-0.4, -0.2) is 17.3 Å². The maximum atomic E-state index is 12.1. The number of benzene rings is 2. The fraction of sp³-hybridized carbons (Fsp3) is 0.125. The Hall–Kier alpha value is -1.76. The number of thiocarbonyl (C=S) groups is 1. The number of nitrogens with one attached hydrogen (secondary N) is 3. The second-order valence-electron chi connectivity index (χ2n) is 4.67. The van der Waals surface area contributed by atoms with Crippen molar-refractivity contribution in [3.8, 4) is 0 Å². The Morgan fingerprint density at radius 3 is 2.61 bits per heavy atom. The molecule has 0 aliphatic rings. The summed E-state index contributed by atoms with van der Waals surface area (Å²) in [5.41, 5.74) is 7.72. The fourth-order valence-corrected chi connectivity index (χ4v) is 2.66. The minimum atomic E-state index is -0.242. The van der Waals surface area contributed by atoms with Gasteiger partial charge in [0.25, 0.3) is 5.91 Å². The predicted octanol–water partition coefficient (Wildman–Crippen LogP) is 3.83. The van der Waals surface area contributed by atoms with Gasteiger partial charge in [0.15, 0.2) is 5.11 Å². The predicted molar refractivity (Wildman–Crippen MR) is 102 cm³/mol. The average molecular weight is 366 g/mol. The lowest BCUT2D eigenvalue weighted by Gasteiger charge is -2.12. The van der Waals surface area contributed by atoms with Crippen molar-refractivity contribution in [3.63, 3.8) is 0 Å². The topological polar surface area (TPSA) is 53.2 Å². The zero-order valence-corrected chi connectivity index (χ0v) is 14.8. The van der Waals surface area contributed by atoms with Crippen molar-refractivity contribution >= 4 is 52.3 Å². The van der Waals surface area contributed by atoms with E-state index in [1.165, 1.54) is 0 Å². The Bertz CT molecular complexity index is 692. The van der Waals surface area contributed by atoms with E-state index in [-0.39, 0.29) is 5.91 Å². The quantitative estimate of drug-likeness (QED) is 0.568. The van der Waals surface area contributed by atoms with Gasteiger partial charge in [0.05, 0.1) is 0 Å². The van der Waals surface area contributed by atoms with Crippen LogP contribution in [0, 0.1) is 0 Å². The molecule has 0 spiro atoms. The third kappa shape index (κ3) is 5.74. The molecule has 0 radical (unpaired) electrons. The van der Waals surface area contributed by atoms with Crippen LogP contribution in [0.1, 0.15) is 15.9 Å². The monoisotopic (exact) mass is 365 g/mol. The number of anilines is 1. The normalized spacial score (nSPS) is 10.0. The molecule has 120 valence electrons. The molecule has 0 saturated heterocycles. The molecule has 0 heterocycles. The summed E-state index contributed by atoms with van der Waals surface area (Å²) in [5, 5.41) is 3.89. The first-order valence-corrected chi connectivity index (χ1v) is 8.97. The van der Waals surface area contributed by atoms with Gasteiger partial charge in [-0.1, -0.05) is 23.7 Å². The summed E-state index contributed by atoms with van der Waals surface area (Å²) in [6, 6.07) is 14.6. The number of thioether (sulfide) groups is 1. The van der Waals surface area contributed by atoms with Gasteiger partial charge >= 0.3 is 0 Å². The smallest absolute Gasteiger partial charge is 0.269 e. The van der Waals surface area contributed by atoms with Crippen LogP contribution in [0.3, 0.4) is 0 Å². The number of carbonyl (C=O) groups is 1. The van der Waals surface area contributed by atoms with Crippen molar-refractivity contribution in [2.45, 2.75) is 5.75 Å². The van der Waals surface area contributed by atoms with Gasteiger partial charge in [0.2, 0.25) is 0 Å². The number of hydrogen-bond acceptors (Lipinski definition) is 3. The van der Waals surface area contributed by atoms with Crippen molar-refractivity contribution in [3.05, 3.63) is 64.7 Å². The van der Waals surface area contributed by atoms with E-state index in [0.717, 1.165) is 17.0 Å². The van der Waals surface area contributed by atoms with Gasteiger partial charge < -0.3 is 5.32 Å². The van der Waals surface area contributed by atoms with Crippen LogP contribution in [0.2, 0.25) is 5.02 Å². The average Bonchev–Trinajstić information content (AvgIpc) is 2.55. The van der Waals surface area contributed by atoms with Crippen molar-refractivity contribution in [2.24, 2.45) is 0 Å². The SMILES string of the molecule is CSCc1cccc(C(=O)NNC(=S)Nc2ccc(Cl)cc2)c1. The Labute approximate surface area is 150 Å². The molecular weight excluding hydrogens is 350 g/mol. The first kappa shape index (κ1) is 17.6. The highest BCUT2D eigenvalue weighted by Crippen LogP contribution is 2.13. The Kier molecular flexibility index (Phi) is 6.70. The Morgan fingerprint density at radius 2 is 1.91 bits per heavy atom. The summed E-state index contributed by atoms with van der Waals surface area (Å²) in [6.45, 7) is 0. The molecule has 2 rings (SSSR count). The van der Waals surface area contributed by atoms with Crippen molar-refractivity contribution < 1.29 is 4.79 Å². The summed E-state index contributed by atoms with van der Waals surface area (Å²) in [7, 11) is 0. The summed E-state index contributed by atoms with van der Waals surface area (Å²) >= 11 is 12.7. The van der Waals surface area contributed by atoms with Gasteiger partial charge in [-0.2, -0.15) is 11.8 Å². The van der Waals surface area contributed by atoms with Crippen LogP contribution >= 0.6 is 35.6 Å². The maximum absolute atomic E-state index is 12.1. The molecule has 0 aliphatic carbocycles. The third-order valence-electron chi connectivity index (χ3n) is 2.89. The number of hydrogen-bond donors (Lipinski definition) is 3. The number of hydrazine groups is 1. The molecule has 0 aromatic heterocycles. The van der Waals surface area contributed by atoms with Gasteiger partial charge in [-0.05, 0) is 60.4 Å². The molecule has 23 heavy (non-hydrogen) atoms. The molecule has 0 bridgehead atoms. The maximum Gasteiger partial charge on any atom is 0.269 e. The lowest BCUT2D eigenvalue weighted by Crippen LogP contribution is -2.43. The van der Waals surface area contributed by atoms with E-state index in [9.17, 15) is 4.79 Å². The minimum Gasteiger partial charge on any atom is -0.331 e. The zero-order chi connectivity index (χ0) is 16.7. The molecule has 7 heteroatoms. The van der Waals surface area contributed by atoms with Gasteiger partial charge in [-0.15, -0.1) is 0 Å². The first-order chi connectivity index (χ1) is 11.1. The number of amides is 1. The third-order valence-corrected chi connectivity index (χ3v) is 3.97. The van der Waals surface area contributed by atoms with E-state index >= 15 is 0 Å². The van der Waals surface area contributed by atoms with E-state index in [0.29, 0.717) is 15.7 Å². The van der Waals surface area contributed by atoms with Gasteiger partial charge in [0.1, 0.15) is 0 Å². The molecular formula is C16H16ClN3OS2. The number of carbonyl (C=O) groups excluding carboxylic acids is 1. The number of halogens is 1. The van der Waals surface area contributed by atoms with Crippen molar-refractivity contribution in [2.75, 3.05) is 11.6 Å². The molecule has 2 aromatic rings. The number of rotatable bonds is 4. The molecule has 0 atom stereocenters. The van der Waals surface area contributed by atoms with E-state index in [1.54, 1.807) is 42.1 Å². The summed E-state index contributed by atoms with van der Waals surface area (Å²) < 4.78 is 0. The first-order valence-electron chi connectivity index (χ1n) is 6.79. The van der Waals surface area contributed by atoms with E-state index in [2.05, 4.69) is 16.2 Å². The van der Waals surface area contributed by atoms with Crippen LogP contribution in [0.4, 0.5) is 5.69 Å². The standard InChI is InChI=1S/C16H16ClN3OS2/c1-23-10-11-3-2-4-12(9-11)15(21)19-20-16(22)18-14-7-5-13(17)6-8-14/h2-9H,10H2,1H3,(H,19,21)(H2,18,20,22). The summed E-state index contributed by atoms with van der Waals surface area (Å²) in [4.78, 5) is 12.1. The highest BCUT2D eigenvalue weighted by atomic mass is 35.5. The molecule has 4 nitrogen and oxygen atoms in total. The van der Waals surface area contributed by atoms with Crippen LogP contribution in [0.25, 0.3) is 0 Å². The molecule has 0 aliphatic heterocycles. The highest BCUT2D eigenvalue weighted by molar-refractivity contribution is 7.97. The molecule has 0 saturated carbocycles. The minimum absolute atomic E-state index is 0.242. The van der Waals surface area contributed by atoms with Crippen LogP contribution in [0.5, 0.6) is 0 Å². The summed E-state index contributed by atoms with van der Waals surface area (Å²) in [6.07, 6.45) is 2.02. The highest BCUT2D eigenvalue weighted by Gasteiger charge is 2.06.